The highest BCUT2D eigenvalue weighted by Gasteiger charge is 2.35. The quantitative estimate of drug-likeness (QED) is 0.763. The van der Waals surface area contributed by atoms with E-state index in [0.29, 0.717) is 0 Å². The van der Waals surface area contributed by atoms with Gasteiger partial charge < -0.3 is 10.6 Å². The average Bonchev–Trinajstić information content (AvgIpc) is 2.42. The summed E-state index contributed by atoms with van der Waals surface area (Å²) in [5.74, 6) is 0. The maximum absolute atomic E-state index is 6.30. The van der Waals surface area contributed by atoms with Gasteiger partial charge in [0.05, 0.1) is 0 Å². The number of nitrogens with two attached hydrogens (primary N) is 1. The predicted molar refractivity (Wildman–Crippen MR) is 76.2 cm³/mol. The zero-order chi connectivity index (χ0) is 13.1. The third-order valence-electron chi connectivity index (χ3n) is 4.84. The summed E-state index contributed by atoms with van der Waals surface area (Å²) in [6.07, 6.45) is 8.41. The molecule has 17 heavy (non-hydrogen) atoms. The van der Waals surface area contributed by atoms with Gasteiger partial charge in [0.1, 0.15) is 0 Å². The Morgan fingerprint density at radius 3 is 1.88 bits per heavy atom. The molecule has 1 saturated carbocycles. The lowest BCUT2D eigenvalue weighted by Gasteiger charge is -2.43. The molecule has 2 nitrogen and oxygen atoms in total. The lowest BCUT2D eigenvalue weighted by Crippen LogP contribution is -2.53. The number of hydrogen-bond acceptors (Lipinski definition) is 2. The van der Waals surface area contributed by atoms with Crippen LogP contribution in [-0.2, 0) is 0 Å². The molecule has 1 rings (SSSR count). The highest BCUT2D eigenvalue weighted by Crippen LogP contribution is 2.31. The van der Waals surface area contributed by atoms with Crippen LogP contribution in [0.4, 0.5) is 0 Å². The summed E-state index contributed by atoms with van der Waals surface area (Å²) in [6, 6.07) is 0.777. The molecule has 0 bridgehead atoms. The molecular formula is C15H32N2. The first-order valence-electron chi connectivity index (χ1n) is 7.23. The van der Waals surface area contributed by atoms with Crippen LogP contribution in [0.3, 0.4) is 0 Å². The van der Waals surface area contributed by atoms with Gasteiger partial charge in [-0.25, -0.2) is 0 Å². The SMILES string of the molecule is CN(CC(C)(C)C(C)(C)N)C1CCCCCC1. The van der Waals surface area contributed by atoms with Crippen molar-refractivity contribution in [2.24, 2.45) is 11.1 Å². The molecule has 1 aliphatic carbocycles. The van der Waals surface area contributed by atoms with E-state index in [1.807, 2.05) is 0 Å². The molecule has 0 radical (unpaired) electrons. The maximum atomic E-state index is 6.30. The van der Waals surface area contributed by atoms with Gasteiger partial charge >= 0.3 is 0 Å². The molecule has 0 heterocycles. The maximum Gasteiger partial charge on any atom is 0.0161 e. The Balaban J connectivity index is 2.55. The van der Waals surface area contributed by atoms with Crippen molar-refractivity contribution in [3.63, 3.8) is 0 Å². The van der Waals surface area contributed by atoms with E-state index in [9.17, 15) is 0 Å². The molecule has 0 aliphatic heterocycles. The van der Waals surface area contributed by atoms with Crippen molar-refractivity contribution in [3.8, 4) is 0 Å². The van der Waals surface area contributed by atoms with Crippen molar-refractivity contribution in [2.45, 2.75) is 77.8 Å². The van der Waals surface area contributed by atoms with Crippen LogP contribution in [0.25, 0.3) is 0 Å². The molecule has 0 aromatic rings. The molecule has 0 saturated heterocycles. The van der Waals surface area contributed by atoms with Crippen molar-refractivity contribution in [1.82, 2.24) is 4.90 Å². The molecule has 2 N–H and O–H groups in total. The van der Waals surface area contributed by atoms with Gasteiger partial charge in [-0.2, -0.15) is 0 Å². The lowest BCUT2D eigenvalue weighted by atomic mass is 9.74. The van der Waals surface area contributed by atoms with Gasteiger partial charge in [0, 0.05) is 18.1 Å². The lowest BCUT2D eigenvalue weighted by molar-refractivity contribution is 0.0968. The fourth-order valence-electron chi connectivity index (χ4n) is 2.65. The Labute approximate surface area is 108 Å². The summed E-state index contributed by atoms with van der Waals surface area (Å²) in [4.78, 5) is 2.56. The largest absolute Gasteiger partial charge is 0.325 e. The monoisotopic (exact) mass is 240 g/mol. The van der Waals surface area contributed by atoms with E-state index in [0.717, 1.165) is 12.6 Å². The average molecular weight is 240 g/mol. The molecule has 2 heteroatoms. The normalized spacial score (nSPS) is 20.6. The molecule has 0 spiro atoms. The first-order chi connectivity index (χ1) is 7.74. The van der Waals surface area contributed by atoms with E-state index in [4.69, 9.17) is 5.73 Å². The first-order valence-corrected chi connectivity index (χ1v) is 7.23. The second-order valence-corrected chi connectivity index (χ2v) is 7.17. The Bertz CT molecular complexity index is 220. The Morgan fingerprint density at radius 1 is 1.00 bits per heavy atom. The third-order valence-corrected chi connectivity index (χ3v) is 4.84. The molecule has 0 aromatic carbocycles. The van der Waals surface area contributed by atoms with Crippen molar-refractivity contribution >= 4 is 0 Å². The summed E-state index contributed by atoms with van der Waals surface area (Å²) in [6.45, 7) is 9.98. The van der Waals surface area contributed by atoms with E-state index in [-0.39, 0.29) is 11.0 Å². The van der Waals surface area contributed by atoms with Crippen LogP contribution in [-0.4, -0.2) is 30.1 Å². The zero-order valence-electron chi connectivity index (χ0n) is 12.6. The number of nitrogens with zero attached hydrogens (tertiary/aromatic N) is 1. The van der Waals surface area contributed by atoms with Crippen molar-refractivity contribution < 1.29 is 0 Å². The molecule has 102 valence electrons. The highest BCUT2D eigenvalue weighted by molar-refractivity contribution is 4.92. The second-order valence-electron chi connectivity index (χ2n) is 7.17. The minimum atomic E-state index is -0.119. The molecular weight excluding hydrogens is 208 g/mol. The molecule has 0 aromatic heterocycles. The van der Waals surface area contributed by atoms with E-state index in [1.165, 1.54) is 38.5 Å². The first kappa shape index (κ1) is 15.0. The van der Waals surface area contributed by atoms with Crippen molar-refractivity contribution in [2.75, 3.05) is 13.6 Å². The van der Waals surface area contributed by atoms with Crippen LogP contribution in [0.1, 0.15) is 66.2 Å². The summed E-state index contributed by atoms with van der Waals surface area (Å²) in [7, 11) is 2.28. The van der Waals surface area contributed by atoms with Gasteiger partial charge in [0.2, 0.25) is 0 Å². The van der Waals surface area contributed by atoms with Crippen molar-refractivity contribution in [1.29, 1.82) is 0 Å². The summed E-state index contributed by atoms with van der Waals surface area (Å²) >= 11 is 0. The van der Waals surface area contributed by atoms with Gasteiger partial charge in [-0.1, -0.05) is 39.5 Å². The Morgan fingerprint density at radius 2 is 1.47 bits per heavy atom. The third kappa shape index (κ3) is 4.26. The molecule has 1 aliphatic rings. The summed E-state index contributed by atoms with van der Waals surface area (Å²) in [5, 5.41) is 0. The second kappa shape index (κ2) is 5.71. The number of hydrogen-bond donors (Lipinski definition) is 1. The van der Waals surface area contributed by atoms with Gasteiger partial charge in [0.25, 0.3) is 0 Å². The minimum absolute atomic E-state index is 0.119. The van der Waals surface area contributed by atoms with E-state index < -0.39 is 0 Å². The van der Waals surface area contributed by atoms with Crippen LogP contribution in [0, 0.1) is 5.41 Å². The molecule has 1 fully saturated rings. The summed E-state index contributed by atoms with van der Waals surface area (Å²) in [5.41, 5.74) is 6.34. The molecule has 0 unspecified atom stereocenters. The van der Waals surface area contributed by atoms with Crippen LogP contribution in [0.2, 0.25) is 0 Å². The topological polar surface area (TPSA) is 29.3 Å². The van der Waals surface area contributed by atoms with Crippen LogP contribution in [0.5, 0.6) is 0 Å². The van der Waals surface area contributed by atoms with Crippen molar-refractivity contribution in [3.05, 3.63) is 0 Å². The van der Waals surface area contributed by atoms with Gasteiger partial charge in [0.15, 0.2) is 0 Å². The highest BCUT2D eigenvalue weighted by atomic mass is 15.1. The Hall–Kier alpha value is -0.0800. The van der Waals surface area contributed by atoms with E-state index in [1.54, 1.807) is 0 Å². The zero-order valence-corrected chi connectivity index (χ0v) is 12.6. The predicted octanol–water partition coefficient (Wildman–Crippen LogP) is 3.40. The molecule has 0 amide bonds. The molecule has 0 atom stereocenters. The van der Waals surface area contributed by atoms with Gasteiger partial charge in [-0.3, -0.25) is 0 Å². The van der Waals surface area contributed by atoms with Gasteiger partial charge in [-0.05, 0) is 39.2 Å². The fourth-order valence-corrected chi connectivity index (χ4v) is 2.65. The summed E-state index contributed by atoms with van der Waals surface area (Å²) < 4.78 is 0. The smallest absolute Gasteiger partial charge is 0.0161 e. The minimum Gasteiger partial charge on any atom is -0.325 e. The van der Waals surface area contributed by atoms with E-state index in [2.05, 4.69) is 39.6 Å². The van der Waals surface area contributed by atoms with Crippen LogP contribution >= 0.6 is 0 Å². The fraction of sp³-hybridized carbons (Fsp3) is 1.00. The van der Waals surface area contributed by atoms with Crippen LogP contribution < -0.4 is 5.73 Å². The number of rotatable bonds is 4. The van der Waals surface area contributed by atoms with E-state index >= 15 is 0 Å². The standard InChI is InChI=1S/C15H32N2/c1-14(2,15(3,4)16)12-17(5)13-10-8-6-7-9-11-13/h13H,6-12,16H2,1-5H3. The van der Waals surface area contributed by atoms with Gasteiger partial charge in [-0.15, -0.1) is 0 Å². The van der Waals surface area contributed by atoms with Crippen LogP contribution in [0.15, 0.2) is 0 Å². The Kier molecular flexibility index (Phi) is 5.03.